The molecule has 1 heterocycles. The Morgan fingerprint density at radius 1 is 1.26 bits per heavy atom. The first-order valence-corrected chi connectivity index (χ1v) is 8.85. The van der Waals surface area contributed by atoms with E-state index < -0.39 is 0 Å². The first kappa shape index (κ1) is 17.7. The predicted octanol–water partition coefficient (Wildman–Crippen LogP) is 2.86. The molecule has 1 aromatic rings. The van der Waals surface area contributed by atoms with Crippen molar-refractivity contribution < 1.29 is 9.53 Å². The lowest BCUT2D eigenvalue weighted by Gasteiger charge is -2.22. The second-order valence-corrected chi connectivity index (χ2v) is 6.07. The van der Waals surface area contributed by atoms with Crippen molar-refractivity contribution >= 4 is 5.91 Å². The molecule has 0 unspecified atom stereocenters. The molecule has 0 atom stereocenters. The summed E-state index contributed by atoms with van der Waals surface area (Å²) in [6, 6.07) is 3.89. The first-order valence-electron chi connectivity index (χ1n) is 8.85. The summed E-state index contributed by atoms with van der Waals surface area (Å²) in [5.41, 5.74) is 0.603. The van der Waals surface area contributed by atoms with E-state index in [9.17, 15) is 4.79 Å². The lowest BCUT2D eigenvalue weighted by Crippen LogP contribution is -2.36. The lowest BCUT2D eigenvalue weighted by atomic mass is 9.95. The third kappa shape index (κ3) is 5.82. The number of rotatable bonds is 8. The maximum atomic E-state index is 12.2. The van der Waals surface area contributed by atoms with Crippen LogP contribution in [0.2, 0.25) is 0 Å². The van der Waals surface area contributed by atoms with E-state index in [4.69, 9.17) is 4.74 Å². The van der Waals surface area contributed by atoms with Crippen molar-refractivity contribution in [2.75, 3.05) is 26.2 Å². The van der Waals surface area contributed by atoms with Gasteiger partial charge in [-0.1, -0.05) is 33.1 Å². The molecule has 2 rings (SSSR count). The van der Waals surface area contributed by atoms with Crippen molar-refractivity contribution in [3.05, 3.63) is 23.9 Å². The fraction of sp³-hybridized carbons (Fsp3) is 0.667. The molecule has 1 N–H and O–H groups in total. The molecule has 0 spiro atoms. The molecule has 0 radical (unpaired) electrons. The molecule has 0 aromatic carbocycles. The van der Waals surface area contributed by atoms with Crippen LogP contribution in [0.25, 0.3) is 0 Å². The molecule has 1 aromatic heterocycles. The topological polar surface area (TPSA) is 54.5 Å². The highest BCUT2D eigenvalue weighted by atomic mass is 16.5. The van der Waals surface area contributed by atoms with Crippen molar-refractivity contribution in [3.8, 4) is 5.88 Å². The van der Waals surface area contributed by atoms with E-state index in [1.54, 1.807) is 18.3 Å². The Balaban J connectivity index is 1.78. The average molecular weight is 319 g/mol. The van der Waals surface area contributed by atoms with Gasteiger partial charge in [0.25, 0.3) is 5.91 Å². The number of pyridine rings is 1. The van der Waals surface area contributed by atoms with Gasteiger partial charge in [0.2, 0.25) is 5.88 Å². The quantitative estimate of drug-likeness (QED) is 0.800. The van der Waals surface area contributed by atoms with Gasteiger partial charge in [-0.2, -0.15) is 0 Å². The second kappa shape index (κ2) is 9.50. The number of likely N-dealkylation sites (N-methyl/N-ethyl adjacent to an activating group) is 1. The fourth-order valence-corrected chi connectivity index (χ4v) is 2.93. The maximum Gasteiger partial charge on any atom is 0.253 e. The third-order valence-electron chi connectivity index (χ3n) is 4.49. The fourth-order valence-electron chi connectivity index (χ4n) is 2.93. The van der Waals surface area contributed by atoms with E-state index in [-0.39, 0.29) is 5.91 Å². The van der Waals surface area contributed by atoms with Gasteiger partial charge in [0.05, 0.1) is 5.56 Å². The Kier molecular flexibility index (Phi) is 7.33. The summed E-state index contributed by atoms with van der Waals surface area (Å²) in [4.78, 5) is 18.7. The van der Waals surface area contributed by atoms with Crippen LogP contribution in [0.3, 0.4) is 0 Å². The van der Waals surface area contributed by atoms with Crippen molar-refractivity contribution in [1.29, 1.82) is 0 Å². The number of ether oxygens (including phenoxy) is 1. The Hall–Kier alpha value is -1.62. The van der Waals surface area contributed by atoms with Gasteiger partial charge in [0.15, 0.2) is 0 Å². The third-order valence-corrected chi connectivity index (χ3v) is 4.49. The SMILES string of the molecule is CCN(CC)CCOc1ccc(C(=O)NC2CCCCC2)cn1. The maximum absolute atomic E-state index is 12.2. The molecule has 128 valence electrons. The van der Waals surface area contributed by atoms with Crippen LogP contribution in [-0.4, -0.2) is 48.1 Å². The molecule has 1 saturated carbocycles. The van der Waals surface area contributed by atoms with Crippen LogP contribution in [0.5, 0.6) is 5.88 Å². The molecule has 1 aliphatic rings. The molecule has 1 aliphatic carbocycles. The molecule has 0 bridgehead atoms. The highest BCUT2D eigenvalue weighted by molar-refractivity contribution is 5.94. The highest BCUT2D eigenvalue weighted by Gasteiger charge is 2.16. The lowest BCUT2D eigenvalue weighted by molar-refractivity contribution is 0.0927. The van der Waals surface area contributed by atoms with E-state index in [0.717, 1.165) is 32.5 Å². The molecule has 1 fully saturated rings. The van der Waals surface area contributed by atoms with Crippen LogP contribution in [-0.2, 0) is 0 Å². The minimum atomic E-state index is -0.0286. The highest BCUT2D eigenvalue weighted by Crippen LogP contribution is 2.18. The Morgan fingerprint density at radius 3 is 2.61 bits per heavy atom. The van der Waals surface area contributed by atoms with Gasteiger partial charge in [-0.15, -0.1) is 0 Å². The molecule has 23 heavy (non-hydrogen) atoms. The van der Waals surface area contributed by atoms with Gasteiger partial charge < -0.3 is 15.0 Å². The zero-order chi connectivity index (χ0) is 16.5. The van der Waals surface area contributed by atoms with Crippen LogP contribution in [0.1, 0.15) is 56.3 Å². The number of nitrogens with zero attached hydrogens (tertiary/aromatic N) is 2. The smallest absolute Gasteiger partial charge is 0.253 e. The molecule has 5 heteroatoms. The molecule has 5 nitrogen and oxygen atoms in total. The number of aromatic nitrogens is 1. The summed E-state index contributed by atoms with van der Waals surface area (Å²) in [5.74, 6) is 0.547. The Labute approximate surface area is 139 Å². The van der Waals surface area contributed by atoms with Crippen molar-refractivity contribution in [2.24, 2.45) is 0 Å². The van der Waals surface area contributed by atoms with Crippen molar-refractivity contribution in [3.63, 3.8) is 0 Å². The standard InChI is InChI=1S/C18H29N3O2/c1-3-21(4-2)12-13-23-17-11-10-15(14-19-17)18(22)20-16-8-6-5-7-9-16/h10-11,14,16H,3-9,12-13H2,1-2H3,(H,20,22). The Bertz CT molecular complexity index is 466. The summed E-state index contributed by atoms with van der Waals surface area (Å²) in [6.45, 7) is 7.82. The minimum Gasteiger partial charge on any atom is -0.476 e. The monoisotopic (exact) mass is 319 g/mol. The van der Waals surface area contributed by atoms with Crippen LogP contribution >= 0.6 is 0 Å². The summed E-state index contributed by atoms with van der Waals surface area (Å²) >= 11 is 0. The molecule has 1 amide bonds. The van der Waals surface area contributed by atoms with Crippen LogP contribution in [0, 0.1) is 0 Å². The minimum absolute atomic E-state index is 0.0286. The zero-order valence-corrected chi connectivity index (χ0v) is 14.4. The number of hydrogen-bond acceptors (Lipinski definition) is 4. The van der Waals surface area contributed by atoms with E-state index in [1.807, 2.05) is 0 Å². The number of nitrogens with one attached hydrogen (secondary N) is 1. The van der Waals surface area contributed by atoms with Gasteiger partial charge in [-0.3, -0.25) is 4.79 Å². The average Bonchev–Trinajstić information content (AvgIpc) is 2.60. The van der Waals surface area contributed by atoms with E-state index in [0.29, 0.717) is 24.1 Å². The van der Waals surface area contributed by atoms with Gasteiger partial charge in [0.1, 0.15) is 6.61 Å². The normalized spacial score (nSPS) is 15.6. The van der Waals surface area contributed by atoms with E-state index in [2.05, 4.69) is 29.0 Å². The zero-order valence-electron chi connectivity index (χ0n) is 14.4. The largest absolute Gasteiger partial charge is 0.476 e. The van der Waals surface area contributed by atoms with E-state index in [1.165, 1.54) is 19.3 Å². The summed E-state index contributed by atoms with van der Waals surface area (Å²) < 4.78 is 5.64. The van der Waals surface area contributed by atoms with Gasteiger partial charge in [-0.05, 0) is 32.0 Å². The molecular weight excluding hydrogens is 290 g/mol. The number of carbonyl (C=O) groups excluding carboxylic acids is 1. The van der Waals surface area contributed by atoms with Gasteiger partial charge >= 0.3 is 0 Å². The summed E-state index contributed by atoms with van der Waals surface area (Å²) in [5, 5.41) is 3.10. The van der Waals surface area contributed by atoms with Crippen molar-refractivity contribution in [2.45, 2.75) is 52.0 Å². The van der Waals surface area contributed by atoms with E-state index >= 15 is 0 Å². The van der Waals surface area contributed by atoms with Crippen LogP contribution in [0.15, 0.2) is 18.3 Å². The van der Waals surface area contributed by atoms with Crippen LogP contribution in [0.4, 0.5) is 0 Å². The number of hydrogen-bond donors (Lipinski definition) is 1. The Morgan fingerprint density at radius 2 is 2.00 bits per heavy atom. The molecular formula is C18H29N3O2. The molecule has 0 saturated heterocycles. The number of carbonyl (C=O) groups is 1. The molecule has 0 aliphatic heterocycles. The van der Waals surface area contributed by atoms with Gasteiger partial charge in [0, 0.05) is 24.8 Å². The summed E-state index contributed by atoms with van der Waals surface area (Å²) in [6.07, 6.45) is 7.49. The predicted molar refractivity (Wildman–Crippen MR) is 91.9 cm³/mol. The van der Waals surface area contributed by atoms with Crippen LogP contribution < -0.4 is 10.1 Å². The summed E-state index contributed by atoms with van der Waals surface area (Å²) in [7, 11) is 0. The second-order valence-electron chi connectivity index (χ2n) is 6.07. The van der Waals surface area contributed by atoms with Gasteiger partial charge in [-0.25, -0.2) is 4.98 Å². The first-order chi connectivity index (χ1) is 11.2. The van der Waals surface area contributed by atoms with Crippen molar-refractivity contribution in [1.82, 2.24) is 15.2 Å². The number of amides is 1.